The predicted molar refractivity (Wildman–Crippen MR) is 82.7 cm³/mol. The van der Waals surface area contributed by atoms with Gasteiger partial charge in [-0.2, -0.15) is 0 Å². The van der Waals surface area contributed by atoms with Gasteiger partial charge >= 0.3 is 0 Å². The van der Waals surface area contributed by atoms with E-state index in [0.29, 0.717) is 6.61 Å². The van der Waals surface area contributed by atoms with Gasteiger partial charge in [-0.15, -0.1) is 0 Å². The van der Waals surface area contributed by atoms with E-state index in [-0.39, 0.29) is 6.04 Å². The van der Waals surface area contributed by atoms with Crippen molar-refractivity contribution in [2.45, 2.75) is 13.0 Å². The van der Waals surface area contributed by atoms with Crippen LogP contribution in [0.5, 0.6) is 5.75 Å². The van der Waals surface area contributed by atoms with E-state index in [1.54, 1.807) is 11.3 Å². The molecule has 4 rings (SSSR count). The number of hydrogen-bond acceptors (Lipinski definition) is 4. The summed E-state index contributed by atoms with van der Waals surface area (Å²) in [6.07, 6.45) is 0. The highest BCUT2D eigenvalue weighted by Crippen LogP contribution is 2.36. The van der Waals surface area contributed by atoms with E-state index in [2.05, 4.69) is 41.5 Å². The average Bonchev–Trinajstić information content (AvgIpc) is 3.03. The molecule has 1 atom stereocenters. The predicted octanol–water partition coefficient (Wildman–Crippen LogP) is 4.15. The maximum Gasteiger partial charge on any atom is 0.184 e. The summed E-state index contributed by atoms with van der Waals surface area (Å²) in [6.45, 7) is 2.75. The smallest absolute Gasteiger partial charge is 0.184 e. The number of hydrogen-bond donors (Lipinski definition) is 1. The Kier molecular flexibility index (Phi) is 2.63. The standard InChI is InChI=1S/C16H14N2OS/c1-10-6-7-15-12(8-10)17-16(20-15)18-13-9-19-14-5-3-2-4-11(13)14/h2-8,13H,9H2,1H3,(H,17,18). The van der Waals surface area contributed by atoms with Crippen LogP contribution in [0.1, 0.15) is 17.2 Å². The van der Waals surface area contributed by atoms with Crippen molar-refractivity contribution in [2.24, 2.45) is 0 Å². The molecule has 2 aromatic carbocycles. The van der Waals surface area contributed by atoms with Crippen molar-refractivity contribution in [3.8, 4) is 5.75 Å². The molecule has 0 bridgehead atoms. The lowest BCUT2D eigenvalue weighted by Crippen LogP contribution is -2.11. The number of aromatic nitrogens is 1. The molecule has 0 fully saturated rings. The molecule has 1 aliphatic heterocycles. The van der Waals surface area contributed by atoms with Crippen LogP contribution in [0.15, 0.2) is 42.5 Å². The molecule has 1 N–H and O–H groups in total. The second-order valence-electron chi connectivity index (χ2n) is 5.04. The molecule has 3 nitrogen and oxygen atoms in total. The van der Waals surface area contributed by atoms with Crippen LogP contribution in [0.25, 0.3) is 10.2 Å². The molecule has 3 aromatic rings. The summed E-state index contributed by atoms with van der Waals surface area (Å²) in [7, 11) is 0. The van der Waals surface area contributed by atoms with Crippen LogP contribution in [0.2, 0.25) is 0 Å². The number of anilines is 1. The van der Waals surface area contributed by atoms with Crippen LogP contribution < -0.4 is 10.1 Å². The molecule has 0 saturated heterocycles. The molecule has 1 aliphatic rings. The fourth-order valence-electron chi connectivity index (χ4n) is 2.53. The summed E-state index contributed by atoms with van der Waals surface area (Å²) in [6, 6.07) is 14.7. The van der Waals surface area contributed by atoms with Gasteiger partial charge in [-0.05, 0) is 30.7 Å². The van der Waals surface area contributed by atoms with Gasteiger partial charge in [0.25, 0.3) is 0 Å². The lowest BCUT2D eigenvalue weighted by atomic mass is 10.1. The molecule has 20 heavy (non-hydrogen) atoms. The Morgan fingerprint density at radius 1 is 1.25 bits per heavy atom. The van der Waals surface area contributed by atoms with Crippen molar-refractivity contribution in [1.29, 1.82) is 0 Å². The number of aryl methyl sites for hydroxylation is 1. The van der Waals surface area contributed by atoms with Crippen molar-refractivity contribution in [2.75, 3.05) is 11.9 Å². The number of nitrogens with zero attached hydrogens (tertiary/aromatic N) is 1. The first kappa shape index (κ1) is 11.7. The van der Waals surface area contributed by atoms with E-state index < -0.39 is 0 Å². The molecule has 0 radical (unpaired) electrons. The monoisotopic (exact) mass is 282 g/mol. The molecule has 0 saturated carbocycles. The number of nitrogens with one attached hydrogen (secondary N) is 1. The van der Waals surface area contributed by atoms with E-state index in [4.69, 9.17) is 4.74 Å². The zero-order valence-corrected chi connectivity index (χ0v) is 11.9. The van der Waals surface area contributed by atoms with Crippen molar-refractivity contribution < 1.29 is 4.74 Å². The van der Waals surface area contributed by atoms with Crippen LogP contribution in [-0.4, -0.2) is 11.6 Å². The summed E-state index contributed by atoms with van der Waals surface area (Å²) in [5.41, 5.74) is 3.51. The van der Waals surface area contributed by atoms with Crippen LogP contribution >= 0.6 is 11.3 Å². The first-order valence-corrected chi connectivity index (χ1v) is 7.47. The minimum atomic E-state index is 0.188. The Labute approximate surface area is 121 Å². The van der Waals surface area contributed by atoms with E-state index in [1.165, 1.54) is 15.8 Å². The number of para-hydroxylation sites is 1. The molecule has 2 heterocycles. The second kappa shape index (κ2) is 4.49. The Morgan fingerprint density at radius 3 is 3.10 bits per heavy atom. The normalized spacial score (nSPS) is 16.9. The summed E-state index contributed by atoms with van der Waals surface area (Å²) in [4.78, 5) is 4.66. The van der Waals surface area contributed by atoms with Crippen molar-refractivity contribution in [3.05, 3.63) is 53.6 Å². The maximum atomic E-state index is 5.69. The van der Waals surface area contributed by atoms with E-state index >= 15 is 0 Å². The number of rotatable bonds is 2. The minimum absolute atomic E-state index is 0.188. The molecule has 0 amide bonds. The largest absolute Gasteiger partial charge is 0.491 e. The van der Waals surface area contributed by atoms with Gasteiger partial charge in [0, 0.05) is 5.56 Å². The van der Waals surface area contributed by atoms with Crippen LogP contribution in [0.3, 0.4) is 0 Å². The number of ether oxygens (including phenoxy) is 1. The van der Waals surface area contributed by atoms with Crippen molar-refractivity contribution >= 4 is 26.7 Å². The fourth-order valence-corrected chi connectivity index (χ4v) is 3.43. The average molecular weight is 282 g/mol. The quantitative estimate of drug-likeness (QED) is 0.766. The zero-order valence-electron chi connectivity index (χ0n) is 11.1. The Bertz CT molecular complexity index is 781. The van der Waals surface area contributed by atoms with Gasteiger partial charge < -0.3 is 10.1 Å². The number of fused-ring (bicyclic) bond motifs is 2. The minimum Gasteiger partial charge on any atom is -0.491 e. The molecular formula is C16H14N2OS. The van der Waals surface area contributed by atoms with Crippen LogP contribution in [0, 0.1) is 6.92 Å². The lowest BCUT2D eigenvalue weighted by Gasteiger charge is -2.09. The van der Waals surface area contributed by atoms with Gasteiger partial charge in [0.1, 0.15) is 12.4 Å². The maximum absolute atomic E-state index is 5.69. The van der Waals surface area contributed by atoms with E-state index in [9.17, 15) is 0 Å². The fraction of sp³-hybridized carbons (Fsp3) is 0.188. The third kappa shape index (κ3) is 1.93. The highest BCUT2D eigenvalue weighted by molar-refractivity contribution is 7.22. The highest BCUT2D eigenvalue weighted by Gasteiger charge is 2.24. The Balaban J connectivity index is 1.65. The molecule has 4 heteroatoms. The third-order valence-electron chi connectivity index (χ3n) is 3.54. The lowest BCUT2D eigenvalue weighted by molar-refractivity contribution is 0.340. The first-order chi connectivity index (χ1) is 9.79. The first-order valence-electron chi connectivity index (χ1n) is 6.65. The summed E-state index contributed by atoms with van der Waals surface area (Å²) in [5, 5.41) is 4.44. The van der Waals surface area contributed by atoms with Crippen LogP contribution in [-0.2, 0) is 0 Å². The van der Waals surface area contributed by atoms with Gasteiger partial charge in [0.15, 0.2) is 5.13 Å². The molecule has 0 spiro atoms. The number of thiazole rings is 1. The summed E-state index contributed by atoms with van der Waals surface area (Å²) in [5.74, 6) is 0.974. The van der Waals surface area contributed by atoms with Gasteiger partial charge in [0.2, 0.25) is 0 Å². The van der Waals surface area contributed by atoms with Crippen LogP contribution in [0.4, 0.5) is 5.13 Å². The van der Waals surface area contributed by atoms with E-state index in [1.807, 2.05) is 18.2 Å². The Morgan fingerprint density at radius 2 is 2.15 bits per heavy atom. The summed E-state index contributed by atoms with van der Waals surface area (Å²) < 4.78 is 6.90. The van der Waals surface area contributed by atoms with Gasteiger partial charge in [-0.3, -0.25) is 0 Å². The van der Waals surface area contributed by atoms with Crippen molar-refractivity contribution in [1.82, 2.24) is 4.98 Å². The summed E-state index contributed by atoms with van der Waals surface area (Å²) >= 11 is 1.69. The van der Waals surface area contributed by atoms with Crippen molar-refractivity contribution in [3.63, 3.8) is 0 Å². The highest BCUT2D eigenvalue weighted by atomic mass is 32.1. The topological polar surface area (TPSA) is 34.1 Å². The Hall–Kier alpha value is -2.07. The zero-order chi connectivity index (χ0) is 13.5. The molecule has 1 unspecified atom stereocenters. The molecule has 1 aromatic heterocycles. The van der Waals surface area contributed by atoms with Gasteiger partial charge in [0.05, 0.1) is 16.3 Å². The number of benzene rings is 2. The third-order valence-corrected chi connectivity index (χ3v) is 4.51. The van der Waals surface area contributed by atoms with Gasteiger partial charge in [-0.25, -0.2) is 4.98 Å². The molecular weight excluding hydrogens is 268 g/mol. The molecule has 100 valence electrons. The second-order valence-corrected chi connectivity index (χ2v) is 6.07. The molecule has 0 aliphatic carbocycles. The van der Waals surface area contributed by atoms with Gasteiger partial charge in [-0.1, -0.05) is 35.6 Å². The SMILES string of the molecule is Cc1ccc2sc(NC3COc4ccccc43)nc2c1. The van der Waals surface area contributed by atoms with E-state index in [0.717, 1.165) is 16.4 Å².